The summed E-state index contributed by atoms with van der Waals surface area (Å²) in [6, 6.07) is 11.3. The maximum Gasteiger partial charge on any atom is 0.261 e. The van der Waals surface area contributed by atoms with E-state index in [2.05, 4.69) is 5.32 Å². The normalized spacial score (nSPS) is 17.2. The average molecular weight is 350 g/mol. The molecule has 1 aliphatic heterocycles. The molecule has 0 spiro atoms. The number of nitrogens with zero attached hydrogens (tertiary/aromatic N) is 1. The number of amides is 3. The van der Waals surface area contributed by atoms with Crippen LogP contribution >= 0.6 is 0 Å². The molecule has 4 rings (SSSR count). The molecule has 3 amide bonds. The van der Waals surface area contributed by atoms with Gasteiger partial charge in [-0.1, -0.05) is 37.1 Å². The van der Waals surface area contributed by atoms with Gasteiger partial charge >= 0.3 is 0 Å². The van der Waals surface area contributed by atoms with Crippen LogP contribution in [0.5, 0.6) is 0 Å². The summed E-state index contributed by atoms with van der Waals surface area (Å²) >= 11 is 0. The summed E-state index contributed by atoms with van der Waals surface area (Å²) in [4.78, 5) is 38.9. The molecule has 0 bridgehead atoms. The molecule has 1 saturated carbocycles. The Morgan fingerprint density at radius 1 is 1.00 bits per heavy atom. The SMILES string of the molecule is O=C(CCCN1C(=O)c2cccc3cccc(c23)C1=O)NC1CCCC1. The van der Waals surface area contributed by atoms with Crippen molar-refractivity contribution in [1.29, 1.82) is 0 Å². The van der Waals surface area contributed by atoms with Crippen LogP contribution in [-0.4, -0.2) is 35.2 Å². The second-order valence-corrected chi connectivity index (χ2v) is 7.12. The smallest absolute Gasteiger partial charge is 0.261 e. The maximum absolute atomic E-state index is 12.8. The van der Waals surface area contributed by atoms with E-state index < -0.39 is 0 Å². The van der Waals surface area contributed by atoms with Crippen molar-refractivity contribution in [3.63, 3.8) is 0 Å². The minimum absolute atomic E-state index is 0.0105. The van der Waals surface area contributed by atoms with Gasteiger partial charge in [0.2, 0.25) is 5.91 Å². The zero-order chi connectivity index (χ0) is 18.1. The molecule has 5 heteroatoms. The van der Waals surface area contributed by atoms with Gasteiger partial charge in [0.25, 0.3) is 11.8 Å². The van der Waals surface area contributed by atoms with E-state index in [0.29, 0.717) is 30.0 Å². The summed E-state index contributed by atoms with van der Waals surface area (Å²) in [7, 11) is 0. The largest absolute Gasteiger partial charge is 0.353 e. The van der Waals surface area contributed by atoms with E-state index in [9.17, 15) is 14.4 Å². The third-order valence-corrected chi connectivity index (χ3v) is 5.36. The van der Waals surface area contributed by atoms with Gasteiger partial charge in [-0.15, -0.1) is 0 Å². The number of hydrogen-bond donors (Lipinski definition) is 1. The van der Waals surface area contributed by atoms with Gasteiger partial charge in [-0.3, -0.25) is 19.3 Å². The third kappa shape index (κ3) is 2.98. The van der Waals surface area contributed by atoms with Crippen LogP contribution in [0.2, 0.25) is 0 Å². The van der Waals surface area contributed by atoms with Crippen LogP contribution in [0.25, 0.3) is 10.8 Å². The molecule has 1 fully saturated rings. The van der Waals surface area contributed by atoms with Gasteiger partial charge < -0.3 is 5.32 Å². The Hall–Kier alpha value is -2.69. The summed E-state index contributed by atoms with van der Waals surface area (Å²) < 4.78 is 0. The van der Waals surface area contributed by atoms with Crippen molar-refractivity contribution >= 4 is 28.5 Å². The van der Waals surface area contributed by atoms with E-state index in [1.54, 1.807) is 12.1 Å². The molecule has 0 radical (unpaired) electrons. The number of carbonyl (C=O) groups excluding carboxylic acids is 3. The third-order valence-electron chi connectivity index (χ3n) is 5.36. The predicted octanol–water partition coefficient (Wildman–Crippen LogP) is 3.27. The van der Waals surface area contributed by atoms with Crippen LogP contribution in [0, 0.1) is 0 Å². The Morgan fingerprint density at radius 2 is 1.62 bits per heavy atom. The fraction of sp³-hybridized carbons (Fsp3) is 0.381. The molecule has 0 saturated heterocycles. The minimum Gasteiger partial charge on any atom is -0.353 e. The zero-order valence-corrected chi connectivity index (χ0v) is 14.7. The Balaban J connectivity index is 1.44. The second kappa shape index (κ2) is 6.90. The number of carbonyl (C=O) groups is 3. The van der Waals surface area contributed by atoms with Crippen LogP contribution in [0.4, 0.5) is 0 Å². The average Bonchev–Trinajstić information content (AvgIpc) is 3.15. The molecule has 5 nitrogen and oxygen atoms in total. The molecule has 1 aliphatic carbocycles. The standard InChI is InChI=1S/C21H22N2O3/c24-18(22-15-8-1-2-9-15)12-5-13-23-20(25)16-10-3-6-14-7-4-11-17(19(14)16)21(23)26/h3-4,6-7,10-11,15H,1-2,5,8-9,12-13H2,(H,22,24). The maximum atomic E-state index is 12.8. The van der Waals surface area contributed by atoms with Crippen molar-refractivity contribution in [3.8, 4) is 0 Å². The number of hydrogen-bond acceptors (Lipinski definition) is 3. The Bertz CT molecular complexity index is 833. The lowest BCUT2D eigenvalue weighted by Gasteiger charge is -2.27. The van der Waals surface area contributed by atoms with Gasteiger partial charge in [-0.25, -0.2) is 0 Å². The lowest BCUT2D eigenvalue weighted by Crippen LogP contribution is -2.41. The first-order chi connectivity index (χ1) is 12.6. The molecule has 134 valence electrons. The summed E-state index contributed by atoms with van der Waals surface area (Å²) in [5.74, 6) is -0.526. The number of rotatable bonds is 5. The molecule has 1 heterocycles. The molecule has 1 N–H and O–H groups in total. The summed E-state index contributed by atoms with van der Waals surface area (Å²) in [6.45, 7) is 0.264. The van der Waals surface area contributed by atoms with Gasteiger partial charge in [-0.2, -0.15) is 0 Å². The fourth-order valence-corrected chi connectivity index (χ4v) is 4.05. The highest BCUT2D eigenvalue weighted by Crippen LogP contribution is 2.30. The first-order valence-electron chi connectivity index (χ1n) is 9.32. The second-order valence-electron chi connectivity index (χ2n) is 7.12. The Labute approximate surface area is 152 Å². The molecule has 26 heavy (non-hydrogen) atoms. The van der Waals surface area contributed by atoms with Crippen molar-refractivity contribution in [3.05, 3.63) is 47.5 Å². The van der Waals surface area contributed by atoms with Crippen molar-refractivity contribution in [2.75, 3.05) is 6.54 Å². The first kappa shape index (κ1) is 16.8. The Morgan fingerprint density at radius 3 is 2.23 bits per heavy atom. The number of benzene rings is 2. The van der Waals surface area contributed by atoms with Crippen molar-refractivity contribution in [2.24, 2.45) is 0 Å². The number of imide groups is 1. The highest BCUT2D eigenvalue weighted by molar-refractivity contribution is 6.25. The van der Waals surface area contributed by atoms with Crippen LogP contribution in [0.3, 0.4) is 0 Å². The van der Waals surface area contributed by atoms with Gasteiger partial charge in [0.1, 0.15) is 0 Å². The van der Waals surface area contributed by atoms with Gasteiger partial charge in [0.15, 0.2) is 0 Å². The van der Waals surface area contributed by atoms with Crippen LogP contribution in [0.1, 0.15) is 59.2 Å². The zero-order valence-electron chi connectivity index (χ0n) is 14.7. The van der Waals surface area contributed by atoms with E-state index in [0.717, 1.165) is 23.6 Å². The van der Waals surface area contributed by atoms with E-state index in [1.807, 2.05) is 24.3 Å². The number of nitrogens with one attached hydrogen (secondary N) is 1. The van der Waals surface area contributed by atoms with E-state index in [1.165, 1.54) is 17.7 Å². The van der Waals surface area contributed by atoms with E-state index in [-0.39, 0.29) is 24.3 Å². The molecule has 2 aromatic carbocycles. The molecule has 0 aromatic heterocycles. The van der Waals surface area contributed by atoms with Crippen LogP contribution in [-0.2, 0) is 4.79 Å². The Kier molecular flexibility index (Phi) is 4.45. The predicted molar refractivity (Wildman–Crippen MR) is 98.9 cm³/mol. The molecule has 0 unspecified atom stereocenters. The van der Waals surface area contributed by atoms with Crippen molar-refractivity contribution in [1.82, 2.24) is 10.2 Å². The molecular formula is C21H22N2O3. The lowest BCUT2D eigenvalue weighted by atomic mass is 9.94. The fourth-order valence-electron chi connectivity index (χ4n) is 4.05. The van der Waals surface area contributed by atoms with Crippen LogP contribution < -0.4 is 5.32 Å². The molecular weight excluding hydrogens is 328 g/mol. The highest BCUT2D eigenvalue weighted by atomic mass is 16.2. The quantitative estimate of drug-likeness (QED) is 0.842. The summed E-state index contributed by atoms with van der Waals surface area (Å²) in [6.07, 6.45) is 5.26. The molecule has 2 aliphatic rings. The van der Waals surface area contributed by atoms with Gasteiger partial charge in [0, 0.05) is 35.5 Å². The van der Waals surface area contributed by atoms with Crippen LogP contribution in [0.15, 0.2) is 36.4 Å². The monoisotopic (exact) mass is 350 g/mol. The molecule has 0 atom stereocenters. The van der Waals surface area contributed by atoms with Gasteiger partial charge in [0.05, 0.1) is 0 Å². The van der Waals surface area contributed by atoms with E-state index >= 15 is 0 Å². The highest BCUT2D eigenvalue weighted by Gasteiger charge is 2.32. The van der Waals surface area contributed by atoms with Gasteiger partial charge in [-0.05, 0) is 36.8 Å². The summed E-state index contributed by atoms with van der Waals surface area (Å²) in [5.41, 5.74) is 1.13. The van der Waals surface area contributed by atoms with Crippen molar-refractivity contribution in [2.45, 2.75) is 44.6 Å². The summed E-state index contributed by atoms with van der Waals surface area (Å²) in [5, 5.41) is 4.68. The van der Waals surface area contributed by atoms with Crippen molar-refractivity contribution < 1.29 is 14.4 Å². The topological polar surface area (TPSA) is 66.5 Å². The first-order valence-corrected chi connectivity index (χ1v) is 9.32. The minimum atomic E-state index is -0.268. The molecule has 2 aromatic rings. The van der Waals surface area contributed by atoms with E-state index in [4.69, 9.17) is 0 Å². The lowest BCUT2D eigenvalue weighted by molar-refractivity contribution is -0.121.